The van der Waals surface area contributed by atoms with Gasteiger partial charge in [0.1, 0.15) is 18.4 Å². The van der Waals surface area contributed by atoms with Gasteiger partial charge in [-0.3, -0.25) is 19.7 Å². The van der Waals surface area contributed by atoms with Crippen LogP contribution >= 0.6 is 0 Å². The van der Waals surface area contributed by atoms with Crippen molar-refractivity contribution in [2.75, 3.05) is 6.61 Å². The first-order valence-electron chi connectivity index (χ1n) is 9.62. The third-order valence-corrected chi connectivity index (χ3v) is 5.13. The van der Waals surface area contributed by atoms with E-state index in [-0.39, 0.29) is 44.4 Å². The maximum absolute atomic E-state index is 12.8. The lowest BCUT2D eigenvalue weighted by molar-refractivity contribution is -0.147. The number of piperidine rings is 1. The minimum absolute atomic E-state index is 0.151. The average molecular weight is 408 g/mol. The second-order valence-corrected chi connectivity index (χ2v) is 7.12. The van der Waals surface area contributed by atoms with E-state index >= 15 is 0 Å². The zero-order valence-corrected chi connectivity index (χ0v) is 16.1. The molecule has 30 heavy (non-hydrogen) atoms. The lowest BCUT2D eigenvalue weighted by Crippen LogP contribution is -2.52. The summed E-state index contributed by atoms with van der Waals surface area (Å²) in [5.41, 5.74) is 1.91. The minimum Gasteiger partial charge on any atom is -0.482 e. The standard InChI is InChI=1S/C22H20N2O6/c25-19-10-9-17(21(27)23-19)24-11-16-15(22(24)28)7-4-8-18(16)29-13-20(26)30-12-14-5-2-1-3-6-14/h1-8,17H,9-13H2,(H,23,25,27). The Morgan fingerprint density at radius 2 is 1.87 bits per heavy atom. The van der Waals surface area contributed by atoms with Crippen molar-refractivity contribution in [2.24, 2.45) is 0 Å². The van der Waals surface area contributed by atoms with Crippen LogP contribution in [0.1, 0.15) is 34.3 Å². The largest absolute Gasteiger partial charge is 0.482 e. The van der Waals surface area contributed by atoms with E-state index in [4.69, 9.17) is 9.47 Å². The quantitative estimate of drug-likeness (QED) is 0.575. The number of esters is 1. The van der Waals surface area contributed by atoms with Gasteiger partial charge in [0, 0.05) is 17.5 Å². The van der Waals surface area contributed by atoms with Gasteiger partial charge in [-0.2, -0.15) is 0 Å². The summed E-state index contributed by atoms with van der Waals surface area (Å²) in [4.78, 5) is 49.8. The van der Waals surface area contributed by atoms with Gasteiger partial charge in [0.05, 0.1) is 6.54 Å². The summed E-state index contributed by atoms with van der Waals surface area (Å²) in [7, 11) is 0. The predicted molar refractivity (Wildman–Crippen MR) is 104 cm³/mol. The van der Waals surface area contributed by atoms with Crippen LogP contribution in [0, 0.1) is 0 Å². The number of carbonyl (C=O) groups excluding carboxylic acids is 4. The Morgan fingerprint density at radius 3 is 2.63 bits per heavy atom. The molecule has 8 nitrogen and oxygen atoms in total. The van der Waals surface area contributed by atoms with Gasteiger partial charge in [-0.15, -0.1) is 0 Å². The van der Waals surface area contributed by atoms with Crippen molar-refractivity contribution in [3.8, 4) is 5.75 Å². The van der Waals surface area contributed by atoms with E-state index < -0.39 is 17.9 Å². The number of hydrogen-bond donors (Lipinski definition) is 1. The van der Waals surface area contributed by atoms with Crippen molar-refractivity contribution < 1.29 is 28.7 Å². The molecular weight excluding hydrogens is 388 g/mol. The molecule has 1 N–H and O–H groups in total. The SMILES string of the molecule is O=C1CCC(N2Cc3c(OCC(=O)OCc4ccccc4)cccc3C2=O)C(=O)N1. The third-order valence-electron chi connectivity index (χ3n) is 5.13. The number of imide groups is 1. The van der Waals surface area contributed by atoms with Crippen LogP contribution in [0.4, 0.5) is 0 Å². The number of amides is 3. The van der Waals surface area contributed by atoms with E-state index in [1.165, 1.54) is 4.90 Å². The van der Waals surface area contributed by atoms with Gasteiger partial charge < -0.3 is 14.4 Å². The molecule has 0 saturated carbocycles. The monoisotopic (exact) mass is 408 g/mol. The number of rotatable bonds is 6. The number of ether oxygens (including phenoxy) is 2. The smallest absolute Gasteiger partial charge is 0.344 e. The van der Waals surface area contributed by atoms with Crippen LogP contribution in [0.2, 0.25) is 0 Å². The Bertz CT molecular complexity index is 1000. The van der Waals surface area contributed by atoms with Crippen molar-refractivity contribution in [1.29, 1.82) is 0 Å². The summed E-state index contributed by atoms with van der Waals surface area (Å²) in [6.45, 7) is 0.0310. The van der Waals surface area contributed by atoms with E-state index in [0.717, 1.165) is 5.56 Å². The molecule has 4 rings (SSSR count). The molecule has 8 heteroatoms. The van der Waals surface area contributed by atoms with Gasteiger partial charge >= 0.3 is 5.97 Å². The Morgan fingerprint density at radius 1 is 1.07 bits per heavy atom. The molecule has 3 amide bonds. The molecule has 0 radical (unpaired) electrons. The maximum Gasteiger partial charge on any atom is 0.344 e. The van der Waals surface area contributed by atoms with Gasteiger partial charge in [0.2, 0.25) is 11.8 Å². The maximum atomic E-state index is 12.8. The highest BCUT2D eigenvalue weighted by Crippen LogP contribution is 2.33. The zero-order chi connectivity index (χ0) is 21.1. The molecule has 2 aromatic rings. The molecule has 0 spiro atoms. The number of carbonyl (C=O) groups is 4. The topological polar surface area (TPSA) is 102 Å². The minimum atomic E-state index is -0.703. The summed E-state index contributed by atoms with van der Waals surface area (Å²) < 4.78 is 10.8. The third kappa shape index (κ3) is 4.03. The van der Waals surface area contributed by atoms with Crippen molar-refractivity contribution in [1.82, 2.24) is 10.2 Å². The van der Waals surface area contributed by atoms with E-state index in [2.05, 4.69) is 5.32 Å². The Kier molecular flexibility index (Phi) is 5.47. The fraction of sp³-hybridized carbons (Fsp3) is 0.273. The Balaban J connectivity index is 1.39. The number of nitrogens with one attached hydrogen (secondary N) is 1. The molecule has 0 bridgehead atoms. The molecule has 2 heterocycles. The molecule has 2 aromatic carbocycles. The number of fused-ring (bicyclic) bond motifs is 1. The molecule has 0 aromatic heterocycles. The van der Waals surface area contributed by atoms with Crippen LogP contribution in [0.15, 0.2) is 48.5 Å². The molecular formula is C22H20N2O6. The van der Waals surface area contributed by atoms with E-state index in [1.54, 1.807) is 18.2 Å². The van der Waals surface area contributed by atoms with Crippen molar-refractivity contribution in [3.63, 3.8) is 0 Å². The fourth-order valence-electron chi connectivity index (χ4n) is 3.61. The lowest BCUT2D eigenvalue weighted by atomic mass is 10.0. The van der Waals surface area contributed by atoms with E-state index in [0.29, 0.717) is 16.9 Å². The molecule has 0 aliphatic carbocycles. The van der Waals surface area contributed by atoms with Crippen LogP contribution < -0.4 is 10.1 Å². The molecule has 1 fully saturated rings. The Labute approximate surface area is 172 Å². The van der Waals surface area contributed by atoms with Crippen LogP contribution in [0.5, 0.6) is 5.75 Å². The van der Waals surface area contributed by atoms with Crippen LogP contribution in [-0.2, 0) is 32.3 Å². The van der Waals surface area contributed by atoms with Crippen molar-refractivity contribution in [2.45, 2.75) is 32.0 Å². The van der Waals surface area contributed by atoms with E-state index in [9.17, 15) is 19.2 Å². The Hall–Kier alpha value is -3.68. The summed E-state index contributed by atoms with van der Waals surface area (Å²) in [5, 5.41) is 2.27. The first-order valence-corrected chi connectivity index (χ1v) is 9.62. The second-order valence-electron chi connectivity index (χ2n) is 7.12. The molecule has 1 saturated heterocycles. The fourth-order valence-corrected chi connectivity index (χ4v) is 3.61. The highest BCUT2D eigenvalue weighted by Gasteiger charge is 2.40. The molecule has 2 aliphatic heterocycles. The van der Waals surface area contributed by atoms with Gasteiger partial charge in [-0.05, 0) is 24.1 Å². The van der Waals surface area contributed by atoms with Crippen molar-refractivity contribution in [3.05, 3.63) is 65.2 Å². The van der Waals surface area contributed by atoms with Gasteiger partial charge in [0.15, 0.2) is 6.61 Å². The summed E-state index contributed by atoms with van der Waals surface area (Å²) in [6, 6.07) is 13.6. The molecule has 1 unspecified atom stereocenters. The number of hydrogen-bond acceptors (Lipinski definition) is 6. The van der Waals surface area contributed by atoms with Gasteiger partial charge in [0.25, 0.3) is 5.91 Å². The predicted octanol–water partition coefficient (Wildman–Crippen LogP) is 1.57. The average Bonchev–Trinajstić information content (AvgIpc) is 3.08. The molecule has 1 atom stereocenters. The van der Waals surface area contributed by atoms with E-state index in [1.807, 2.05) is 30.3 Å². The first kappa shape index (κ1) is 19.6. The normalized spacial score (nSPS) is 18.1. The summed E-state index contributed by atoms with van der Waals surface area (Å²) in [5.74, 6) is -1.23. The van der Waals surface area contributed by atoms with Crippen LogP contribution in [0.3, 0.4) is 0 Å². The van der Waals surface area contributed by atoms with Crippen LogP contribution in [-0.4, -0.2) is 41.2 Å². The van der Waals surface area contributed by atoms with Gasteiger partial charge in [-0.1, -0.05) is 36.4 Å². The summed E-state index contributed by atoms with van der Waals surface area (Å²) >= 11 is 0. The summed E-state index contributed by atoms with van der Waals surface area (Å²) in [6.07, 6.45) is 0.472. The van der Waals surface area contributed by atoms with Gasteiger partial charge in [-0.25, -0.2) is 4.79 Å². The number of nitrogens with zero attached hydrogens (tertiary/aromatic N) is 1. The van der Waals surface area contributed by atoms with Crippen LogP contribution in [0.25, 0.3) is 0 Å². The highest BCUT2D eigenvalue weighted by molar-refractivity contribution is 6.05. The van der Waals surface area contributed by atoms with Crippen molar-refractivity contribution >= 4 is 23.7 Å². The zero-order valence-electron chi connectivity index (χ0n) is 16.1. The molecule has 154 valence electrons. The highest BCUT2D eigenvalue weighted by atomic mass is 16.6. The lowest BCUT2D eigenvalue weighted by Gasteiger charge is -2.29. The first-order chi connectivity index (χ1) is 14.5. The molecule has 2 aliphatic rings. The number of benzene rings is 2. The second kappa shape index (κ2) is 8.36.